The van der Waals surface area contributed by atoms with E-state index < -0.39 is 35.8 Å². The highest BCUT2D eigenvalue weighted by atomic mass is 35.5. The van der Waals surface area contributed by atoms with Crippen LogP contribution in [0.5, 0.6) is 0 Å². The van der Waals surface area contributed by atoms with Gasteiger partial charge in [0.05, 0.1) is 10.4 Å². The van der Waals surface area contributed by atoms with Crippen LogP contribution in [0.2, 0.25) is 5.02 Å². The Morgan fingerprint density at radius 3 is 2.74 bits per heavy atom. The normalized spacial score (nSPS) is 21.1. The number of carboxylic acids is 1. The van der Waals surface area contributed by atoms with Gasteiger partial charge in [0.15, 0.2) is 5.13 Å². The molecule has 0 bridgehead atoms. The summed E-state index contributed by atoms with van der Waals surface area (Å²) in [6.07, 6.45) is -4.02. The lowest BCUT2D eigenvalue weighted by atomic mass is 9.71. The molecule has 0 amide bonds. The quantitative estimate of drug-likeness (QED) is 0.371. The molecule has 2 unspecified atom stereocenters. The van der Waals surface area contributed by atoms with Gasteiger partial charge in [-0.05, 0) is 31.0 Å². The number of piperidine rings is 1. The van der Waals surface area contributed by atoms with Gasteiger partial charge in [-0.3, -0.25) is 9.69 Å². The number of hydrogen-bond donors (Lipinski definition) is 2. The van der Waals surface area contributed by atoms with Crippen LogP contribution in [0.3, 0.4) is 0 Å². The summed E-state index contributed by atoms with van der Waals surface area (Å²) in [6, 6.07) is 7.00. The van der Waals surface area contributed by atoms with Crippen molar-refractivity contribution in [3.63, 3.8) is 0 Å². The van der Waals surface area contributed by atoms with E-state index in [9.17, 15) is 27.5 Å². The Kier molecular flexibility index (Phi) is 7.30. The van der Waals surface area contributed by atoms with Gasteiger partial charge < -0.3 is 10.4 Å². The van der Waals surface area contributed by atoms with Crippen molar-refractivity contribution in [3.8, 4) is 0 Å². The zero-order valence-corrected chi connectivity index (χ0v) is 19.8. The molecule has 1 saturated heterocycles. The fraction of sp³-hybridized carbons (Fsp3) is 0.348. The van der Waals surface area contributed by atoms with E-state index in [2.05, 4.69) is 15.3 Å². The van der Waals surface area contributed by atoms with Crippen LogP contribution in [0.25, 0.3) is 0 Å². The molecular weight excluding hydrogens is 508 g/mol. The van der Waals surface area contributed by atoms with Crippen molar-refractivity contribution in [1.82, 2.24) is 14.9 Å². The standard InChI is InChI=1S/C23H21ClF4N4O2S/c24-16-5-1-3-14(19(16)25)13-32-9-7-22(20(33)34,12-17(32)23(26,27)28)11-15-4-2-6-18(30-15)31-21-29-8-10-35-21/h1-6,8,10,17H,7,9,11-13H2,(H,33,34)(H,29,30,31). The first kappa shape index (κ1) is 25.3. The van der Waals surface area contributed by atoms with Crippen LogP contribution in [0.1, 0.15) is 24.1 Å². The van der Waals surface area contributed by atoms with Gasteiger partial charge in [-0.15, -0.1) is 11.3 Å². The van der Waals surface area contributed by atoms with Gasteiger partial charge in [0.25, 0.3) is 0 Å². The molecule has 0 aliphatic carbocycles. The highest BCUT2D eigenvalue weighted by Crippen LogP contribution is 2.44. The number of carboxylic acid groups (broad SMARTS) is 1. The molecule has 35 heavy (non-hydrogen) atoms. The lowest BCUT2D eigenvalue weighted by Crippen LogP contribution is -2.56. The third kappa shape index (κ3) is 5.74. The number of nitrogens with one attached hydrogen (secondary N) is 1. The summed E-state index contributed by atoms with van der Waals surface area (Å²) >= 11 is 7.13. The Morgan fingerprint density at radius 1 is 1.29 bits per heavy atom. The Balaban J connectivity index is 1.58. The molecule has 186 valence electrons. The molecule has 4 rings (SSSR count). The summed E-state index contributed by atoms with van der Waals surface area (Å²) in [7, 11) is 0. The molecule has 1 aliphatic rings. The van der Waals surface area contributed by atoms with Gasteiger partial charge in [-0.25, -0.2) is 14.4 Å². The zero-order valence-electron chi connectivity index (χ0n) is 18.2. The van der Waals surface area contributed by atoms with Crippen molar-refractivity contribution in [2.75, 3.05) is 11.9 Å². The van der Waals surface area contributed by atoms with E-state index in [4.69, 9.17) is 11.6 Å². The number of rotatable bonds is 7. The summed E-state index contributed by atoms with van der Waals surface area (Å²) < 4.78 is 56.7. The highest BCUT2D eigenvalue weighted by molar-refractivity contribution is 7.13. The summed E-state index contributed by atoms with van der Waals surface area (Å²) in [4.78, 5) is 21.9. The van der Waals surface area contributed by atoms with Gasteiger partial charge in [-0.1, -0.05) is 29.8 Å². The monoisotopic (exact) mass is 528 g/mol. The number of thiazole rings is 1. The maximum Gasteiger partial charge on any atom is 0.404 e. The van der Waals surface area contributed by atoms with Crippen LogP contribution in [-0.2, 0) is 17.8 Å². The van der Waals surface area contributed by atoms with Crippen molar-refractivity contribution >= 4 is 39.9 Å². The van der Waals surface area contributed by atoms with Crippen molar-refractivity contribution < 1.29 is 27.5 Å². The van der Waals surface area contributed by atoms with E-state index in [0.29, 0.717) is 16.6 Å². The fourth-order valence-corrected chi connectivity index (χ4v) is 5.07. The molecule has 2 atom stereocenters. The van der Waals surface area contributed by atoms with Crippen LogP contribution < -0.4 is 5.32 Å². The number of aromatic nitrogens is 2. The number of anilines is 2. The fourth-order valence-electron chi connectivity index (χ4n) is 4.34. The molecule has 12 heteroatoms. The average Bonchev–Trinajstić information content (AvgIpc) is 3.30. The van der Waals surface area contributed by atoms with Gasteiger partial charge in [0, 0.05) is 42.3 Å². The van der Waals surface area contributed by atoms with Crippen LogP contribution in [0, 0.1) is 11.2 Å². The number of carbonyl (C=O) groups is 1. The molecule has 3 aromatic rings. The smallest absolute Gasteiger partial charge is 0.404 e. The first-order valence-electron chi connectivity index (χ1n) is 10.7. The first-order valence-corrected chi connectivity index (χ1v) is 11.9. The second-order valence-corrected chi connectivity index (χ2v) is 9.74. The number of alkyl halides is 3. The molecule has 0 radical (unpaired) electrons. The van der Waals surface area contributed by atoms with Crippen LogP contribution in [0.15, 0.2) is 48.0 Å². The Hall–Kier alpha value is -2.76. The van der Waals surface area contributed by atoms with Crippen LogP contribution in [0.4, 0.5) is 28.5 Å². The summed E-state index contributed by atoms with van der Waals surface area (Å²) in [5.74, 6) is -1.68. The van der Waals surface area contributed by atoms with E-state index in [1.807, 2.05) is 0 Å². The molecule has 3 heterocycles. The SMILES string of the molecule is O=C(O)C1(Cc2cccc(Nc3nccs3)n2)CCN(Cc2cccc(Cl)c2F)C(C(F)(F)F)C1. The van der Waals surface area contributed by atoms with Gasteiger partial charge >= 0.3 is 12.1 Å². The minimum absolute atomic E-state index is 0.0252. The van der Waals surface area contributed by atoms with Crippen molar-refractivity contribution in [1.29, 1.82) is 0 Å². The number of aliphatic carboxylic acids is 1. The van der Waals surface area contributed by atoms with Crippen LogP contribution >= 0.6 is 22.9 Å². The number of hydrogen-bond acceptors (Lipinski definition) is 6. The number of halogens is 5. The molecule has 2 aromatic heterocycles. The topological polar surface area (TPSA) is 78.3 Å². The minimum atomic E-state index is -4.71. The summed E-state index contributed by atoms with van der Waals surface area (Å²) in [5.41, 5.74) is -1.31. The van der Waals surface area contributed by atoms with E-state index in [1.54, 1.807) is 29.8 Å². The third-order valence-electron chi connectivity index (χ3n) is 6.13. The summed E-state index contributed by atoms with van der Waals surface area (Å²) in [5, 5.41) is 15.2. The predicted octanol–water partition coefficient (Wildman–Crippen LogP) is 5.91. The van der Waals surface area contributed by atoms with Crippen molar-refractivity contribution in [3.05, 3.63) is 70.1 Å². The number of benzene rings is 1. The van der Waals surface area contributed by atoms with Gasteiger partial charge in [0.2, 0.25) is 0 Å². The van der Waals surface area contributed by atoms with Crippen LogP contribution in [-0.4, -0.2) is 44.7 Å². The predicted molar refractivity (Wildman–Crippen MR) is 124 cm³/mol. The van der Waals surface area contributed by atoms with E-state index in [1.165, 1.54) is 29.5 Å². The van der Waals surface area contributed by atoms with Crippen molar-refractivity contribution in [2.24, 2.45) is 5.41 Å². The molecular formula is C23H21ClF4N4O2S. The zero-order chi connectivity index (χ0) is 25.2. The molecule has 0 saturated carbocycles. The summed E-state index contributed by atoms with van der Waals surface area (Å²) in [6.45, 7) is -0.517. The van der Waals surface area contributed by atoms with Crippen molar-refractivity contribution in [2.45, 2.75) is 38.0 Å². The molecule has 1 aromatic carbocycles. The second-order valence-electron chi connectivity index (χ2n) is 8.43. The molecule has 6 nitrogen and oxygen atoms in total. The second kappa shape index (κ2) is 10.1. The Bertz CT molecular complexity index is 1190. The number of nitrogens with zero attached hydrogens (tertiary/aromatic N) is 3. The number of pyridine rings is 1. The Labute approximate surface area is 207 Å². The van der Waals surface area contributed by atoms with E-state index >= 15 is 0 Å². The highest BCUT2D eigenvalue weighted by Gasteiger charge is 2.54. The number of likely N-dealkylation sites (tertiary alicyclic amines) is 1. The third-order valence-corrected chi connectivity index (χ3v) is 7.11. The first-order chi connectivity index (χ1) is 16.6. The average molecular weight is 529 g/mol. The Morgan fingerprint density at radius 2 is 2.06 bits per heavy atom. The maximum absolute atomic E-state index is 14.4. The minimum Gasteiger partial charge on any atom is -0.481 e. The molecule has 1 fully saturated rings. The van der Waals surface area contributed by atoms with Gasteiger partial charge in [-0.2, -0.15) is 13.2 Å². The largest absolute Gasteiger partial charge is 0.481 e. The molecule has 1 aliphatic heterocycles. The molecule has 2 N–H and O–H groups in total. The lowest BCUT2D eigenvalue weighted by molar-refractivity contribution is -0.208. The maximum atomic E-state index is 14.4. The van der Waals surface area contributed by atoms with E-state index in [0.717, 1.165) is 4.90 Å². The van der Waals surface area contributed by atoms with E-state index in [-0.39, 0.29) is 36.5 Å². The van der Waals surface area contributed by atoms with Gasteiger partial charge in [0.1, 0.15) is 17.7 Å². The lowest BCUT2D eigenvalue weighted by Gasteiger charge is -2.45. The molecule has 0 spiro atoms.